The van der Waals surface area contributed by atoms with E-state index in [9.17, 15) is 14.4 Å². The lowest BCUT2D eigenvalue weighted by molar-refractivity contribution is -0.136. The van der Waals surface area contributed by atoms with Gasteiger partial charge in [0.2, 0.25) is 4.77 Å². The van der Waals surface area contributed by atoms with Crippen LogP contribution >= 0.6 is 12.2 Å². The second-order valence-corrected chi connectivity index (χ2v) is 6.82. The number of rotatable bonds is 4. The maximum atomic E-state index is 13.6. The van der Waals surface area contributed by atoms with Gasteiger partial charge in [-0.05, 0) is 43.4 Å². The second kappa shape index (κ2) is 8.36. The summed E-state index contributed by atoms with van der Waals surface area (Å²) in [5, 5.41) is 7.71. The van der Waals surface area contributed by atoms with Crippen LogP contribution in [0.25, 0.3) is 5.57 Å². The minimum Gasteiger partial charge on any atom is -0.462 e. The first-order valence-corrected chi connectivity index (χ1v) is 9.78. The zero-order valence-electron chi connectivity index (χ0n) is 16.3. The number of esters is 1. The van der Waals surface area contributed by atoms with E-state index in [1.54, 1.807) is 55.5 Å². The van der Waals surface area contributed by atoms with Crippen LogP contribution in [0.2, 0.25) is 0 Å². The number of amides is 1. The van der Waals surface area contributed by atoms with Crippen LogP contribution in [0.3, 0.4) is 0 Å². The molecule has 1 aliphatic rings. The number of para-hydroxylation sites is 3. The number of carbonyl (C=O) groups is 2. The zero-order chi connectivity index (χ0) is 22.0. The van der Waals surface area contributed by atoms with Gasteiger partial charge in [0.1, 0.15) is 17.0 Å². The van der Waals surface area contributed by atoms with E-state index in [0.29, 0.717) is 17.1 Å². The molecule has 10 heteroatoms. The molecule has 0 unspecified atom stereocenters. The zero-order valence-corrected chi connectivity index (χ0v) is 17.2. The summed E-state index contributed by atoms with van der Waals surface area (Å²) in [5.41, 5.74) is 0.282. The first-order valence-electron chi connectivity index (χ1n) is 9.37. The molecular weight excluding hydrogens is 418 g/mol. The number of aromatic amines is 2. The fourth-order valence-corrected chi connectivity index (χ4v) is 3.37. The summed E-state index contributed by atoms with van der Waals surface area (Å²) in [6.07, 6.45) is 0. The van der Waals surface area contributed by atoms with E-state index in [4.69, 9.17) is 17.0 Å². The van der Waals surface area contributed by atoms with Crippen molar-refractivity contribution < 1.29 is 14.3 Å². The van der Waals surface area contributed by atoms with Crippen molar-refractivity contribution in [1.29, 1.82) is 0 Å². The van der Waals surface area contributed by atoms with Gasteiger partial charge in [-0.3, -0.25) is 24.7 Å². The van der Waals surface area contributed by atoms with Crippen molar-refractivity contribution >= 4 is 46.7 Å². The number of H-pyrrole nitrogens is 2. The van der Waals surface area contributed by atoms with Crippen LogP contribution in [0, 0.1) is 4.77 Å². The van der Waals surface area contributed by atoms with E-state index in [1.807, 2.05) is 6.07 Å². The van der Waals surface area contributed by atoms with Gasteiger partial charge in [-0.2, -0.15) is 0 Å². The molecule has 0 fully saturated rings. The Morgan fingerprint density at radius 2 is 1.77 bits per heavy atom. The lowest BCUT2D eigenvalue weighted by Gasteiger charge is -2.32. The Bertz CT molecular complexity index is 1310. The van der Waals surface area contributed by atoms with Crippen molar-refractivity contribution in [2.75, 3.05) is 16.8 Å². The Morgan fingerprint density at radius 3 is 2.52 bits per heavy atom. The molecule has 1 aliphatic heterocycles. The van der Waals surface area contributed by atoms with Crippen molar-refractivity contribution in [1.82, 2.24) is 15.2 Å². The summed E-state index contributed by atoms with van der Waals surface area (Å²) in [6.45, 7) is 1.66. The maximum absolute atomic E-state index is 13.6. The third-order valence-corrected chi connectivity index (χ3v) is 4.71. The van der Waals surface area contributed by atoms with Gasteiger partial charge in [0, 0.05) is 5.69 Å². The van der Waals surface area contributed by atoms with E-state index in [2.05, 4.69) is 20.5 Å². The average Bonchev–Trinajstić information content (AvgIpc) is 2.77. The largest absolute Gasteiger partial charge is 0.462 e. The van der Waals surface area contributed by atoms with Gasteiger partial charge in [0.05, 0.1) is 18.0 Å². The number of aromatic nitrogens is 3. The number of carbonyl (C=O) groups excluding carboxylic acids is 2. The number of fused-ring (bicyclic) bond motifs is 1. The number of ether oxygens (including phenoxy) is 1. The van der Waals surface area contributed by atoms with Crippen LogP contribution in [-0.2, 0) is 14.3 Å². The van der Waals surface area contributed by atoms with Crippen LogP contribution in [0.4, 0.5) is 17.1 Å². The standard InChI is InChI=1S/C21H17N5O4S/c1-2-30-20(29)15(16-18(27)24-25-21(31)23-16)17-19(28)26(12-8-4-3-5-9-12)14-11-7-6-10-13(14)22-17/h3-11,22H,2H2,1H3,(H,24,27)(H,23,25,31)/b17-15-. The van der Waals surface area contributed by atoms with Crippen LogP contribution < -0.4 is 15.8 Å². The number of hydrogen-bond donors (Lipinski definition) is 3. The Hall–Kier alpha value is -4.05. The summed E-state index contributed by atoms with van der Waals surface area (Å²) >= 11 is 5.00. The van der Waals surface area contributed by atoms with Gasteiger partial charge in [-0.15, -0.1) is 0 Å². The summed E-state index contributed by atoms with van der Waals surface area (Å²) < 4.78 is 5.08. The van der Waals surface area contributed by atoms with E-state index in [-0.39, 0.29) is 28.3 Å². The number of anilines is 3. The molecular formula is C21H17N5O4S. The summed E-state index contributed by atoms with van der Waals surface area (Å²) in [5.74, 6) is -1.42. The molecule has 2 aromatic carbocycles. The number of benzene rings is 2. The van der Waals surface area contributed by atoms with E-state index < -0.39 is 17.4 Å². The molecule has 156 valence electrons. The van der Waals surface area contributed by atoms with Crippen LogP contribution in [-0.4, -0.2) is 33.7 Å². The number of nitrogens with zero attached hydrogens (tertiary/aromatic N) is 2. The third-order valence-electron chi connectivity index (χ3n) is 4.51. The van der Waals surface area contributed by atoms with E-state index in [0.717, 1.165) is 0 Å². The van der Waals surface area contributed by atoms with Crippen molar-refractivity contribution in [2.24, 2.45) is 0 Å². The van der Waals surface area contributed by atoms with Gasteiger partial charge in [-0.25, -0.2) is 9.78 Å². The Morgan fingerprint density at radius 1 is 1.06 bits per heavy atom. The summed E-state index contributed by atoms with van der Waals surface area (Å²) in [6, 6.07) is 16.1. The SMILES string of the molecule is CCOC(=O)/C(=C1\Nc2ccccc2N(c2ccccc2)C1=O)c1nc(=S)[nH][nH]c1=O. The minimum absolute atomic E-state index is 0.0420. The lowest BCUT2D eigenvalue weighted by Crippen LogP contribution is -2.37. The highest BCUT2D eigenvalue weighted by molar-refractivity contribution is 7.71. The molecule has 0 radical (unpaired) electrons. The van der Waals surface area contributed by atoms with Crippen molar-refractivity contribution in [3.05, 3.63) is 81.1 Å². The molecule has 1 aromatic heterocycles. The predicted molar refractivity (Wildman–Crippen MR) is 117 cm³/mol. The summed E-state index contributed by atoms with van der Waals surface area (Å²) in [4.78, 5) is 44.4. The van der Waals surface area contributed by atoms with E-state index in [1.165, 1.54) is 4.90 Å². The molecule has 0 saturated heterocycles. The van der Waals surface area contributed by atoms with Crippen molar-refractivity contribution in [3.63, 3.8) is 0 Å². The predicted octanol–water partition coefficient (Wildman–Crippen LogP) is 2.89. The highest BCUT2D eigenvalue weighted by atomic mass is 32.1. The molecule has 1 amide bonds. The van der Waals surface area contributed by atoms with Gasteiger partial charge < -0.3 is 10.1 Å². The Labute approximate surface area is 181 Å². The normalized spacial score (nSPS) is 14.5. The van der Waals surface area contributed by atoms with Gasteiger partial charge in [0.25, 0.3) is 11.5 Å². The Kier molecular flexibility index (Phi) is 5.46. The van der Waals surface area contributed by atoms with Gasteiger partial charge in [-0.1, -0.05) is 30.3 Å². The second-order valence-electron chi connectivity index (χ2n) is 6.43. The molecule has 0 bridgehead atoms. The molecule has 3 aromatic rings. The first-order chi connectivity index (χ1) is 15.0. The highest BCUT2D eigenvalue weighted by Gasteiger charge is 2.35. The van der Waals surface area contributed by atoms with Crippen LogP contribution in [0.1, 0.15) is 12.6 Å². The molecule has 0 spiro atoms. The third kappa shape index (κ3) is 3.76. The van der Waals surface area contributed by atoms with Crippen molar-refractivity contribution in [3.8, 4) is 0 Å². The highest BCUT2D eigenvalue weighted by Crippen LogP contribution is 2.39. The number of hydrogen-bond acceptors (Lipinski definition) is 7. The molecule has 3 N–H and O–H groups in total. The first kappa shape index (κ1) is 20.2. The van der Waals surface area contributed by atoms with Gasteiger partial charge in [0.15, 0.2) is 0 Å². The maximum Gasteiger partial charge on any atom is 0.342 e. The van der Waals surface area contributed by atoms with E-state index >= 15 is 0 Å². The van der Waals surface area contributed by atoms with Gasteiger partial charge >= 0.3 is 5.97 Å². The fraction of sp³-hybridized carbons (Fsp3) is 0.0952. The topological polar surface area (TPSA) is 120 Å². The molecule has 31 heavy (non-hydrogen) atoms. The fourth-order valence-electron chi connectivity index (χ4n) is 3.23. The number of nitrogens with one attached hydrogen (secondary N) is 3. The van der Waals surface area contributed by atoms with Crippen LogP contribution in [0.5, 0.6) is 0 Å². The molecule has 9 nitrogen and oxygen atoms in total. The Balaban J connectivity index is 2.01. The molecule has 4 rings (SSSR count). The quantitative estimate of drug-likeness (QED) is 0.327. The van der Waals surface area contributed by atoms with Crippen molar-refractivity contribution in [2.45, 2.75) is 6.92 Å². The lowest BCUT2D eigenvalue weighted by atomic mass is 10.0. The smallest absolute Gasteiger partial charge is 0.342 e. The monoisotopic (exact) mass is 435 g/mol. The molecule has 0 aliphatic carbocycles. The summed E-state index contributed by atoms with van der Waals surface area (Å²) in [7, 11) is 0. The average molecular weight is 435 g/mol. The molecule has 0 atom stereocenters. The minimum atomic E-state index is -0.871. The van der Waals surface area contributed by atoms with Crippen LogP contribution in [0.15, 0.2) is 65.1 Å². The molecule has 0 saturated carbocycles. The molecule has 2 heterocycles.